The molecule has 3 aliphatic carbocycles. The zero-order valence-corrected chi connectivity index (χ0v) is 16.2. The van der Waals surface area contributed by atoms with Crippen molar-refractivity contribution in [2.24, 2.45) is 16.2 Å². The minimum atomic E-state index is -4.80. The Balaban J connectivity index is 2.00. The molecule has 10 heteroatoms. The van der Waals surface area contributed by atoms with Gasteiger partial charge in [-0.1, -0.05) is 20.8 Å². The van der Waals surface area contributed by atoms with Crippen LogP contribution in [0.3, 0.4) is 0 Å². The zero-order chi connectivity index (χ0) is 22.2. The highest BCUT2D eigenvalue weighted by atomic mass is 19.4. The molecule has 1 N–H and O–H groups in total. The Kier molecular flexibility index (Phi) is 4.42. The monoisotopic (exact) mass is 422 g/mol. The zero-order valence-electron chi connectivity index (χ0n) is 16.2. The molecule has 1 heterocycles. The van der Waals surface area contributed by atoms with Crippen LogP contribution in [0.25, 0.3) is 0 Å². The van der Waals surface area contributed by atoms with Gasteiger partial charge in [0.05, 0.1) is 22.2 Å². The first-order valence-corrected chi connectivity index (χ1v) is 8.94. The van der Waals surface area contributed by atoms with Gasteiger partial charge in [-0.15, -0.1) is 0 Å². The predicted octanol–water partition coefficient (Wildman–Crippen LogP) is 5.31. The van der Waals surface area contributed by atoms with E-state index in [9.17, 15) is 35.9 Å². The number of carbonyl (C=O) groups is 2. The van der Waals surface area contributed by atoms with E-state index < -0.39 is 76.4 Å². The molecule has 0 aliphatic heterocycles. The number of alkyl halides is 6. The molecule has 0 aromatic carbocycles. The molecule has 160 valence electrons. The maximum Gasteiger partial charge on any atom is 0.418 e. The first kappa shape index (κ1) is 21.6. The van der Waals surface area contributed by atoms with Crippen molar-refractivity contribution in [3.05, 3.63) is 22.9 Å². The Bertz CT molecular complexity index is 876. The van der Waals surface area contributed by atoms with Gasteiger partial charge in [-0.2, -0.15) is 26.3 Å². The number of aromatic nitrogens is 1. The van der Waals surface area contributed by atoms with Gasteiger partial charge in [-0.25, -0.2) is 4.98 Å². The van der Waals surface area contributed by atoms with Gasteiger partial charge in [0.1, 0.15) is 5.82 Å². The number of nitrogens with zero attached hydrogens (tertiary/aromatic N) is 1. The second kappa shape index (κ2) is 5.95. The normalized spacial score (nSPS) is 26.4. The standard InChI is InChI=1S/C19H20F6N2O2/c1-9-11(18(20,21)22)5-10(13(26-9)27-14(29)15(2,3)4)12(28)16-6-17(7-16,8-16)19(23,24)25/h5H,6-8H2,1-4H3,(H,26,27,29). The molecule has 1 aromatic heterocycles. The number of aryl methyl sites for hydroxylation is 1. The molecule has 0 atom stereocenters. The summed E-state index contributed by atoms with van der Waals surface area (Å²) in [7, 11) is 0. The summed E-state index contributed by atoms with van der Waals surface area (Å²) in [6.45, 7) is 5.78. The van der Waals surface area contributed by atoms with E-state index in [1.807, 2.05) is 0 Å². The average molecular weight is 422 g/mol. The van der Waals surface area contributed by atoms with E-state index in [4.69, 9.17) is 0 Å². The minimum Gasteiger partial charge on any atom is -0.310 e. The topological polar surface area (TPSA) is 59.1 Å². The molecule has 0 saturated heterocycles. The van der Waals surface area contributed by atoms with Crippen LogP contribution in [0.1, 0.15) is 61.6 Å². The average Bonchev–Trinajstić information content (AvgIpc) is 2.39. The largest absolute Gasteiger partial charge is 0.418 e. The lowest BCUT2D eigenvalue weighted by atomic mass is 9.33. The molecule has 2 bridgehead atoms. The lowest BCUT2D eigenvalue weighted by molar-refractivity contribution is -0.346. The molecule has 0 unspecified atom stereocenters. The lowest BCUT2D eigenvalue weighted by Crippen LogP contribution is -2.70. The van der Waals surface area contributed by atoms with Crippen LogP contribution in [0.15, 0.2) is 6.07 Å². The number of anilines is 1. The van der Waals surface area contributed by atoms with Crippen LogP contribution in [-0.4, -0.2) is 22.9 Å². The second-order valence-electron chi connectivity index (χ2n) is 9.14. The van der Waals surface area contributed by atoms with Crippen LogP contribution in [0.5, 0.6) is 0 Å². The minimum absolute atomic E-state index is 0.355. The van der Waals surface area contributed by atoms with Gasteiger partial charge in [0.2, 0.25) is 5.91 Å². The Morgan fingerprint density at radius 1 is 1.03 bits per heavy atom. The van der Waals surface area contributed by atoms with E-state index in [2.05, 4.69) is 10.3 Å². The van der Waals surface area contributed by atoms with E-state index in [-0.39, 0.29) is 5.82 Å². The smallest absolute Gasteiger partial charge is 0.310 e. The van der Waals surface area contributed by atoms with Gasteiger partial charge < -0.3 is 5.32 Å². The highest BCUT2D eigenvalue weighted by Gasteiger charge is 2.80. The number of rotatable bonds is 3. The van der Waals surface area contributed by atoms with E-state index >= 15 is 0 Å². The fraction of sp³-hybridized carbons (Fsp3) is 0.632. The highest BCUT2D eigenvalue weighted by Crippen LogP contribution is 2.79. The van der Waals surface area contributed by atoms with Crippen LogP contribution < -0.4 is 5.32 Å². The molecule has 3 saturated carbocycles. The van der Waals surface area contributed by atoms with Crippen molar-refractivity contribution >= 4 is 17.5 Å². The van der Waals surface area contributed by atoms with Crippen LogP contribution >= 0.6 is 0 Å². The Morgan fingerprint density at radius 3 is 1.97 bits per heavy atom. The fourth-order valence-corrected chi connectivity index (χ4v) is 4.07. The highest BCUT2D eigenvalue weighted by molar-refractivity contribution is 6.09. The van der Waals surface area contributed by atoms with Crippen molar-refractivity contribution in [1.29, 1.82) is 0 Å². The molecule has 1 aromatic rings. The molecule has 0 spiro atoms. The summed E-state index contributed by atoms with van der Waals surface area (Å²) in [6.07, 6.45) is -10.6. The summed E-state index contributed by atoms with van der Waals surface area (Å²) in [6, 6.07) is 0.587. The number of pyridine rings is 1. The third-order valence-electron chi connectivity index (χ3n) is 5.79. The van der Waals surface area contributed by atoms with Crippen LogP contribution in [0.2, 0.25) is 0 Å². The van der Waals surface area contributed by atoms with E-state index in [0.717, 1.165) is 6.92 Å². The van der Waals surface area contributed by atoms with Crippen LogP contribution in [-0.2, 0) is 11.0 Å². The van der Waals surface area contributed by atoms with Crippen molar-refractivity contribution in [2.45, 2.75) is 59.3 Å². The van der Waals surface area contributed by atoms with Gasteiger partial charge >= 0.3 is 12.4 Å². The number of hydrogen-bond acceptors (Lipinski definition) is 3. The maximum absolute atomic E-state index is 13.3. The van der Waals surface area contributed by atoms with Crippen LogP contribution in [0.4, 0.5) is 32.2 Å². The maximum atomic E-state index is 13.3. The molecule has 3 fully saturated rings. The second-order valence-corrected chi connectivity index (χ2v) is 9.14. The Hall–Kier alpha value is -2.13. The summed E-state index contributed by atoms with van der Waals surface area (Å²) in [5.41, 5.74) is -6.31. The van der Waals surface area contributed by atoms with Gasteiger partial charge in [0, 0.05) is 10.8 Å². The molecule has 1 amide bonds. The third kappa shape index (κ3) is 3.30. The van der Waals surface area contributed by atoms with Crippen molar-refractivity contribution in [3.63, 3.8) is 0 Å². The first-order chi connectivity index (χ1) is 12.9. The first-order valence-electron chi connectivity index (χ1n) is 8.94. The number of Topliss-reactive ketones (excluding diaryl/α,β-unsaturated/α-hetero) is 1. The molecule has 4 rings (SSSR count). The number of ketones is 1. The van der Waals surface area contributed by atoms with Gasteiger partial charge in [0.25, 0.3) is 0 Å². The van der Waals surface area contributed by atoms with Gasteiger partial charge in [-0.05, 0) is 32.3 Å². The molecule has 0 radical (unpaired) electrons. The molecule has 29 heavy (non-hydrogen) atoms. The van der Waals surface area contributed by atoms with Crippen molar-refractivity contribution < 1.29 is 35.9 Å². The van der Waals surface area contributed by atoms with Crippen molar-refractivity contribution in [3.8, 4) is 0 Å². The molecular formula is C19H20F6N2O2. The van der Waals surface area contributed by atoms with E-state index in [1.165, 1.54) is 0 Å². The summed E-state index contributed by atoms with van der Waals surface area (Å²) >= 11 is 0. The molecule has 4 nitrogen and oxygen atoms in total. The SMILES string of the molecule is Cc1nc(NC(=O)C(C)(C)C)c(C(=O)C23CC(C(F)(F)F)(C2)C3)cc1C(F)(F)F. The van der Waals surface area contributed by atoms with E-state index in [1.54, 1.807) is 20.8 Å². The number of halogens is 6. The summed E-state index contributed by atoms with van der Waals surface area (Å²) in [5.74, 6) is -1.78. The summed E-state index contributed by atoms with van der Waals surface area (Å²) < 4.78 is 79.2. The lowest BCUT2D eigenvalue weighted by Gasteiger charge is -2.69. The molecular weight excluding hydrogens is 402 g/mol. The quantitative estimate of drug-likeness (QED) is 0.531. The Morgan fingerprint density at radius 2 is 1.55 bits per heavy atom. The number of amides is 1. The van der Waals surface area contributed by atoms with Crippen molar-refractivity contribution in [1.82, 2.24) is 4.98 Å². The number of hydrogen-bond donors (Lipinski definition) is 1. The molecule has 3 aliphatic rings. The van der Waals surface area contributed by atoms with Gasteiger partial charge in [-0.3, -0.25) is 9.59 Å². The van der Waals surface area contributed by atoms with Crippen LogP contribution in [0, 0.1) is 23.2 Å². The fourth-order valence-electron chi connectivity index (χ4n) is 4.07. The summed E-state index contributed by atoms with van der Waals surface area (Å²) in [4.78, 5) is 29.0. The predicted molar refractivity (Wildman–Crippen MR) is 91.2 cm³/mol. The Labute approximate surface area is 163 Å². The number of nitrogens with one attached hydrogen (secondary N) is 1. The summed E-state index contributed by atoms with van der Waals surface area (Å²) in [5, 5.41) is 2.37. The third-order valence-corrected chi connectivity index (χ3v) is 5.79. The number of carbonyl (C=O) groups excluding carboxylic acids is 2. The van der Waals surface area contributed by atoms with Gasteiger partial charge in [0.15, 0.2) is 5.78 Å². The van der Waals surface area contributed by atoms with E-state index in [0.29, 0.717) is 6.07 Å². The van der Waals surface area contributed by atoms with Crippen molar-refractivity contribution in [2.75, 3.05) is 5.32 Å².